The molecule has 26 heavy (non-hydrogen) atoms. The van der Waals surface area contributed by atoms with Crippen LogP contribution in [0.15, 0.2) is 18.2 Å². The molecule has 4 rings (SSSR count). The van der Waals surface area contributed by atoms with Crippen molar-refractivity contribution in [1.29, 1.82) is 0 Å². The normalized spacial score (nSPS) is 26.1. The molecule has 1 heterocycles. The summed E-state index contributed by atoms with van der Waals surface area (Å²) in [6.07, 6.45) is 5.61. The zero-order chi connectivity index (χ0) is 18.4. The summed E-state index contributed by atoms with van der Waals surface area (Å²) in [6, 6.07) is 5.28. The molecule has 1 saturated heterocycles. The molecule has 3 aliphatic rings. The topological polar surface area (TPSA) is 72.5 Å². The summed E-state index contributed by atoms with van der Waals surface area (Å²) in [5.41, 5.74) is 0.480. The molecule has 3 fully saturated rings. The first-order valence-electron chi connectivity index (χ1n) is 9.31. The minimum Gasteiger partial charge on any atom is -0.491 e. The van der Waals surface area contributed by atoms with E-state index in [2.05, 4.69) is 5.32 Å². The largest absolute Gasteiger partial charge is 0.491 e. The van der Waals surface area contributed by atoms with Crippen molar-refractivity contribution in [2.75, 3.05) is 23.4 Å². The van der Waals surface area contributed by atoms with Gasteiger partial charge in [0.15, 0.2) is 0 Å². The van der Waals surface area contributed by atoms with E-state index in [0.29, 0.717) is 41.8 Å². The lowest BCUT2D eigenvalue weighted by molar-refractivity contribution is -0.118. The van der Waals surface area contributed by atoms with E-state index < -0.39 is 9.84 Å². The van der Waals surface area contributed by atoms with Crippen LogP contribution in [0.4, 0.5) is 5.69 Å². The minimum atomic E-state index is -2.92. The Kier molecular flexibility index (Phi) is 4.68. The maximum atomic E-state index is 12.7. The van der Waals surface area contributed by atoms with Crippen molar-refractivity contribution >= 4 is 33.0 Å². The van der Waals surface area contributed by atoms with Crippen LogP contribution in [0, 0.1) is 17.3 Å². The van der Waals surface area contributed by atoms with Crippen LogP contribution in [0.3, 0.4) is 0 Å². The molecule has 2 saturated carbocycles. The Hall–Kier alpha value is -1.27. The number of carbonyl (C=O) groups is 1. The van der Waals surface area contributed by atoms with Crippen LogP contribution in [0.2, 0.25) is 5.02 Å². The second-order valence-corrected chi connectivity index (χ2v) is 10.7. The van der Waals surface area contributed by atoms with E-state index in [4.69, 9.17) is 16.3 Å². The summed E-state index contributed by atoms with van der Waals surface area (Å²) < 4.78 is 29.2. The van der Waals surface area contributed by atoms with E-state index in [9.17, 15) is 13.2 Å². The molecule has 0 radical (unpaired) electrons. The van der Waals surface area contributed by atoms with Crippen molar-refractivity contribution in [3.8, 4) is 5.75 Å². The Balaban J connectivity index is 1.40. The van der Waals surface area contributed by atoms with Crippen LogP contribution in [-0.2, 0) is 14.6 Å². The van der Waals surface area contributed by atoms with Gasteiger partial charge < -0.3 is 10.1 Å². The quantitative estimate of drug-likeness (QED) is 0.822. The lowest BCUT2D eigenvalue weighted by Gasteiger charge is -2.26. The minimum absolute atomic E-state index is 0.0555. The number of carbonyl (C=O) groups excluding carboxylic acids is 1. The van der Waals surface area contributed by atoms with E-state index in [1.807, 2.05) is 0 Å². The number of halogens is 1. The van der Waals surface area contributed by atoms with Crippen LogP contribution in [-0.4, -0.2) is 32.4 Å². The fraction of sp³-hybridized carbons (Fsp3) is 0.632. The molecule has 7 heteroatoms. The number of anilines is 1. The van der Waals surface area contributed by atoms with Crippen molar-refractivity contribution in [2.24, 2.45) is 17.3 Å². The fourth-order valence-corrected chi connectivity index (χ4v) is 5.84. The van der Waals surface area contributed by atoms with Gasteiger partial charge in [0, 0.05) is 10.9 Å². The van der Waals surface area contributed by atoms with Gasteiger partial charge in [0.25, 0.3) is 0 Å². The third-order valence-corrected chi connectivity index (χ3v) is 8.11. The summed E-state index contributed by atoms with van der Waals surface area (Å²) in [4.78, 5) is 12.7. The molecule has 1 unspecified atom stereocenters. The highest BCUT2D eigenvalue weighted by Gasteiger charge is 2.59. The van der Waals surface area contributed by atoms with Gasteiger partial charge in [0.05, 0.1) is 23.8 Å². The summed E-state index contributed by atoms with van der Waals surface area (Å²) in [5, 5.41) is 3.51. The van der Waals surface area contributed by atoms with Gasteiger partial charge in [-0.05, 0) is 61.6 Å². The maximum absolute atomic E-state index is 12.7. The highest BCUT2D eigenvalue weighted by Crippen LogP contribution is 2.60. The van der Waals surface area contributed by atoms with Gasteiger partial charge >= 0.3 is 0 Å². The average Bonchev–Trinajstić information content (AvgIpc) is 3.26. The molecule has 1 aromatic carbocycles. The van der Waals surface area contributed by atoms with Crippen LogP contribution in [0.1, 0.15) is 38.5 Å². The van der Waals surface area contributed by atoms with Crippen molar-refractivity contribution in [3.63, 3.8) is 0 Å². The predicted molar refractivity (Wildman–Crippen MR) is 101 cm³/mol. The predicted octanol–water partition coefficient (Wildman–Crippen LogP) is 3.67. The molecular weight excluding hydrogens is 374 g/mol. The standard InChI is InChI=1S/C19H24ClNO4S/c20-14-4-5-17(25-12-13-2-1-3-13)16(10-14)21-18(22)15-11-19(15)6-8-26(23,24)9-7-19/h4-5,10,13,15H,1-3,6-9,11-12H2,(H,21,22). The van der Waals surface area contributed by atoms with Crippen molar-refractivity contribution in [2.45, 2.75) is 38.5 Å². The Bertz CT molecular complexity index is 805. The zero-order valence-corrected chi connectivity index (χ0v) is 16.2. The molecule has 2 aliphatic carbocycles. The third kappa shape index (κ3) is 3.72. The summed E-state index contributed by atoms with van der Waals surface area (Å²) in [5.74, 6) is 1.48. The van der Waals surface area contributed by atoms with Gasteiger partial charge in [-0.15, -0.1) is 0 Å². The highest BCUT2D eigenvalue weighted by atomic mass is 35.5. The molecule has 5 nitrogen and oxygen atoms in total. The average molecular weight is 398 g/mol. The molecule has 1 amide bonds. The number of hydrogen-bond acceptors (Lipinski definition) is 4. The number of benzene rings is 1. The number of rotatable bonds is 5. The number of sulfone groups is 1. The first kappa shape index (κ1) is 18.1. The molecule has 1 atom stereocenters. The van der Waals surface area contributed by atoms with Crippen molar-refractivity contribution in [3.05, 3.63) is 23.2 Å². The van der Waals surface area contributed by atoms with Crippen LogP contribution in [0.25, 0.3) is 0 Å². The number of ether oxygens (including phenoxy) is 1. The second-order valence-electron chi connectivity index (χ2n) is 8.01. The zero-order valence-electron chi connectivity index (χ0n) is 14.7. The van der Waals surface area contributed by atoms with Crippen LogP contribution in [0.5, 0.6) is 5.75 Å². The molecule has 1 spiro atoms. The van der Waals surface area contributed by atoms with Crippen molar-refractivity contribution < 1.29 is 17.9 Å². The number of hydrogen-bond donors (Lipinski definition) is 1. The Morgan fingerprint density at radius 3 is 2.65 bits per heavy atom. The summed E-state index contributed by atoms with van der Waals surface area (Å²) in [6.45, 7) is 0.662. The summed E-state index contributed by atoms with van der Waals surface area (Å²) >= 11 is 6.10. The molecule has 142 valence electrons. The summed E-state index contributed by atoms with van der Waals surface area (Å²) in [7, 11) is -2.92. The molecule has 1 aromatic rings. The maximum Gasteiger partial charge on any atom is 0.228 e. The second kappa shape index (κ2) is 6.71. The number of amides is 1. The van der Waals surface area contributed by atoms with Crippen LogP contribution >= 0.6 is 11.6 Å². The van der Waals surface area contributed by atoms with E-state index in [1.54, 1.807) is 18.2 Å². The highest BCUT2D eigenvalue weighted by molar-refractivity contribution is 7.91. The molecule has 1 N–H and O–H groups in total. The van der Waals surface area contributed by atoms with Gasteiger partial charge in [0.2, 0.25) is 5.91 Å². The Labute approximate surface area is 159 Å². The van der Waals surface area contributed by atoms with Crippen molar-refractivity contribution in [1.82, 2.24) is 0 Å². The van der Waals surface area contributed by atoms with E-state index in [-0.39, 0.29) is 28.7 Å². The monoisotopic (exact) mass is 397 g/mol. The molecule has 1 aliphatic heterocycles. The molecular formula is C19H24ClNO4S. The Morgan fingerprint density at radius 2 is 2.00 bits per heavy atom. The lowest BCUT2D eigenvalue weighted by Crippen LogP contribution is -2.28. The SMILES string of the molecule is O=C(Nc1cc(Cl)ccc1OCC1CCC1)C1CC12CCS(=O)(=O)CC2. The van der Waals surface area contributed by atoms with E-state index in [1.165, 1.54) is 19.3 Å². The van der Waals surface area contributed by atoms with Gasteiger partial charge in [-0.25, -0.2) is 8.42 Å². The lowest BCUT2D eigenvalue weighted by atomic mass is 9.86. The molecule has 0 bridgehead atoms. The first-order valence-corrected chi connectivity index (χ1v) is 11.5. The third-order valence-electron chi connectivity index (χ3n) is 6.23. The van der Waals surface area contributed by atoms with Gasteiger partial charge in [-0.2, -0.15) is 0 Å². The van der Waals surface area contributed by atoms with E-state index >= 15 is 0 Å². The van der Waals surface area contributed by atoms with Crippen LogP contribution < -0.4 is 10.1 Å². The van der Waals surface area contributed by atoms with Gasteiger partial charge in [-0.1, -0.05) is 18.0 Å². The Morgan fingerprint density at radius 1 is 1.27 bits per heavy atom. The first-order chi connectivity index (χ1) is 12.4. The number of nitrogens with one attached hydrogen (secondary N) is 1. The van der Waals surface area contributed by atoms with Gasteiger partial charge in [-0.3, -0.25) is 4.79 Å². The smallest absolute Gasteiger partial charge is 0.228 e. The fourth-order valence-electron chi connectivity index (χ4n) is 4.03. The van der Waals surface area contributed by atoms with E-state index in [0.717, 1.165) is 6.42 Å². The molecule has 0 aromatic heterocycles. The van der Waals surface area contributed by atoms with Gasteiger partial charge in [0.1, 0.15) is 15.6 Å².